The molecule has 552 valence electrons. The van der Waals surface area contributed by atoms with Gasteiger partial charge in [-0.2, -0.15) is 0 Å². The predicted molar refractivity (Wildman–Crippen MR) is 455 cm³/mol. The normalized spacial score (nSPS) is 15.2. The number of anilines is 4. The zero-order valence-electron chi connectivity index (χ0n) is 69.2. The summed E-state index contributed by atoms with van der Waals surface area (Å²) in [6, 6.07) is 39.2. The molecular weight excluding hydrogens is 1250 g/mol. The van der Waals surface area contributed by atoms with Gasteiger partial charge in [0.1, 0.15) is 48.0 Å². The second kappa shape index (κ2) is 48.4. The zero-order chi connectivity index (χ0) is 76.7. The molecule has 0 radical (unpaired) electrons. The fraction of sp³-hybridized carbons (Fsp3) is 0.448. The van der Waals surface area contributed by atoms with E-state index >= 15 is 0 Å². The van der Waals surface area contributed by atoms with Crippen molar-refractivity contribution in [2.24, 2.45) is 7.05 Å². The number of thiophene rings is 1. The number of furan rings is 1. The van der Waals surface area contributed by atoms with Crippen molar-refractivity contribution in [3.05, 3.63) is 194 Å². The summed E-state index contributed by atoms with van der Waals surface area (Å²) in [7, 11) is 10.5. The van der Waals surface area contributed by atoms with Crippen molar-refractivity contribution < 1.29 is 4.42 Å². The molecule has 14 rings (SSSR count). The minimum Gasteiger partial charge on any atom is -0.456 e. The van der Waals surface area contributed by atoms with E-state index in [-0.39, 0.29) is 0 Å². The molecule has 0 saturated heterocycles. The standard InChI is InChI=1S/C19H21N3.C18H18N2O.C18H18N2S.C10H14N4.11C2H6/c1-13-11-19-16(15-7-5-6-8-17(15)21(19)4)12-18(13)22-10-9-20(3)14(22)2;2*1-12-10-18-15(14-6-4-5-7-17(14)21-18)11-16(12)20-9-8-19(3)13(20)2;1-8-6-11-7-12-10(8)14-5-4-13(3)9(14)2;11*1-2/h5-12,14H,1-4H3;2*4-11,13H,1-3H3;4-7,9H,1-3H3;11*1-2H3. The van der Waals surface area contributed by atoms with Crippen LogP contribution < -0.4 is 19.6 Å². The first-order chi connectivity index (χ1) is 48.6. The third-order valence-electron chi connectivity index (χ3n) is 16.4. The first-order valence-corrected chi connectivity index (χ1v) is 38.7. The van der Waals surface area contributed by atoms with E-state index in [4.69, 9.17) is 4.42 Å². The Morgan fingerprint density at radius 1 is 0.330 bits per heavy atom. The molecule has 0 fully saturated rings. The first-order valence-electron chi connectivity index (χ1n) is 37.9. The monoisotopic (exact) mass is 1380 g/mol. The van der Waals surface area contributed by atoms with Crippen molar-refractivity contribution in [1.82, 2.24) is 34.1 Å². The summed E-state index contributed by atoms with van der Waals surface area (Å²) < 4.78 is 11.0. The molecule has 4 atom stereocenters. The van der Waals surface area contributed by atoms with Gasteiger partial charge in [-0.1, -0.05) is 207 Å². The van der Waals surface area contributed by atoms with Gasteiger partial charge in [0.05, 0.1) is 0 Å². The average Bonchev–Trinajstić information content (AvgIpc) is 1.61. The van der Waals surface area contributed by atoms with Gasteiger partial charge in [0.2, 0.25) is 0 Å². The van der Waals surface area contributed by atoms with Crippen LogP contribution in [-0.4, -0.2) is 87.0 Å². The van der Waals surface area contributed by atoms with E-state index in [0.29, 0.717) is 24.7 Å². The molecular formula is C87H137N11OS. The number of fused-ring (bicyclic) bond motifs is 9. The Morgan fingerprint density at radius 2 is 0.710 bits per heavy atom. The third kappa shape index (κ3) is 21.8. The maximum atomic E-state index is 5.95. The molecule has 0 bridgehead atoms. The molecule has 4 aliphatic rings. The van der Waals surface area contributed by atoms with Gasteiger partial charge in [-0.3, -0.25) is 0 Å². The van der Waals surface area contributed by atoms with Crippen LogP contribution in [0.4, 0.5) is 22.9 Å². The topological polar surface area (TPSA) is 69.8 Å². The lowest BCUT2D eigenvalue weighted by molar-refractivity contribution is 0.381. The predicted octanol–water partition coefficient (Wildman–Crippen LogP) is 26.2. The minimum atomic E-state index is 0.323. The van der Waals surface area contributed by atoms with Gasteiger partial charge in [0.25, 0.3) is 0 Å². The molecule has 0 saturated carbocycles. The first kappa shape index (κ1) is 91.6. The van der Waals surface area contributed by atoms with E-state index in [1.54, 1.807) is 6.33 Å². The second-order valence-corrected chi connectivity index (χ2v) is 22.3. The number of hydrogen-bond acceptors (Lipinski definition) is 12. The van der Waals surface area contributed by atoms with Crippen LogP contribution in [0.5, 0.6) is 0 Å². The van der Waals surface area contributed by atoms with Crippen molar-refractivity contribution in [3.8, 4) is 0 Å². The van der Waals surface area contributed by atoms with Crippen LogP contribution in [0.2, 0.25) is 0 Å². The second-order valence-electron chi connectivity index (χ2n) is 21.2. The number of hydrogen-bond donors (Lipinski definition) is 0. The van der Waals surface area contributed by atoms with Crippen LogP contribution >= 0.6 is 11.3 Å². The van der Waals surface area contributed by atoms with Crippen LogP contribution in [-0.2, 0) is 7.05 Å². The summed E-state index contributed by atoms with van der Waals surface area (Å²) in [4.78, 5) is 26.2. The summed E-state index contributed by atoms with van der Waals surface area (Å²) in [5.41, 5.74) is 13.3. The van der Waals surface area contributed by atoms with E-state index in [1.165, 1.54) is 86.5 Å². The smallest absolute Gasteiger partial charge is 0.140 e. The molecule has 4 aliphatic heterocycles. The number of para-hydroxylation sites is 2. The lowest BCUT2D eigenvalue weighted by Gasteiger charge is -2.28. The van der Waals surface area contributed by atoms with Crippen LogP contribution in [0, 0.1) is 27.7 Å². The van der Waals surface area contributed by atoms with Crippen LogP contribution in [0.15, 0.2) is 176 Å². The highest BCUT2D eigenvalue weighted by molar-refractivity contribution is 7.25. The molecule has 6 aromatic carbocycles. The fourth-order valence-electron chi connectivity index (χ4n) is 11.1. The number of benzene rings is 6. The molecule has 0 aliphatic carbocycles. The van der Waals surface area contributed by atoms with E-state index in [0.717, 1.165) is 22.5 Å². The van der Waals surface area contributed by atoms with Crippen LogP contribution in [0.1, 0.15) is 202 Å². The molecule has 100 heavy (non-hydrogen) atoms. The molecule has 12 nitrogen and oxygen atoms in total. The molecule has 0 amide bonds. The highest BCUT2D eigenvalue weighted by atomic mass is 32.1. The molecule has 0 spiro atoms. The molecule has 10 aromatic rings. The van der Waals surface area contributed by atoms with Gasteiger partial charge >= 0.3 is 0 Å². The van der Waals surface area contributed by atoms with Crippen LogP contribution in [0.3, 0.4) is 0 Å². The Labute approximate surface area is 614 Å². The van der Waals surface area contributed by atoms with E-state index in [1.807, 2.05) is 201 Å². The van der Waals surface area contributed by atoms with Gasteiger partial charge < -0.3 is 48.2 Å². The lowest BCUT2D eigenvalue weighted by Crippen LogP contribution is -2.34. The van der Waals surface area contributed by atoms with Crippen LogP contribution in [0.25, 0.3) is 63.9 Å². The third-order valence-corrected chi connectivity index (χ3v) is 17.5. The summed E-state index contributed by atoms with van der Waals surface area (Å²) in [5, 5.41) is 7.74. The molecule has 0 N–H and O–H groups in total. The van der Waals surface area contributed by atoms with Gasteiger partial charge in [0.15, 0.2) is 0 Å². The maximum Gasteiger partial charge on any atom is 0.140 e. The van der Waals surface area contributed by atoms with Gasteiger partial charge in [0, 0.05) is 166 Å². The number of rotatable bonds is 4. The van der Waals surface area contributed by atoms with Crippen molar-refractivity contribution >= 4 is 98.1 Å². The molecule has 4 unspecified atom stereocenters. The van der Waals surface area contributed by atoms with Gasteiger partial charge in [-0.05, 0) is 127 Å². The van der Waals surface area contributed by atoms with E-state index in [2.05, 4.69) is 272 Å². The average molecular weight is 1390 g/mol. The van der Waals surface area contributed by atoms with Crippen molar-refractivity contribution in [2.75, 3.05) is 47.8 Å². The number of aromatic nitrogens is 3. The zero-order valence-corrected chi connectivity index (χ0v) is 70.0. The Balaban J connectivity index is 0.00000120. The van der Waals surface area contributed by atoms with E-state index < -0.39 is 0 Å². The summed E-state index contributed by atoms with van der Waals surface area (Å²) >= 11 is 1.88. The summed E-state index contributed by atoms with van der Waals surface area (Å²) in [6.45, 7) is 61.4. The number of nitrogens with zero attached hydrogens (tertiary/aromatic N) is 11. The minimum absolute atomic E-state index is 0.323. The van der Waals surface area contributed by atoms with Crippen molar-refractivity contribution in [3.63, 3.8) is 0 Å². The highest BCUT2D eigenvalue weighted by Crippen LogP contribution is 2.41. The Morgan fingerprint density at radius 3 is 1.16 bits per heavy atom. The Kier molecular flexibility index (Phi) is 44.3. The Bertz CT molecular complexity index is 3860. The quantitative estimate of drug-likeness (QED) is 0.169. The largest absolute Gasteiger partial charge is 0.456 e. The molecule has 8 heterocycles. The Hall–Kier alpha value is -8.42. The SMILES string of the molecule is CC.CC.CC.CC.CC.CC.CC.CC.CC.CC.CC.Cc1cc2c(cc1N1C=CN(C)C1C)c1ccccc1n2C.Cc1cc2oc3ccccc3c2cc1N1C=CN(C)C1C.Cc1cc2sc3ccccc3c2cc1N1C=CN(C)C1C.Cc1cncnc1N1C=CN(C)C1C. The van der Waals surface area contributed by atoms with Crippen molar-refractivity contribution in [1.29, 1.82) is 0 Å². The van der Waals surface area contributed by atoms with E-state index in [9.17, 15) is 0 Å². The lowest BCUT2D eigenvalue weighted by atomic mass is 10.1. The number of aryl methyl sites for hydroxylation is 5. The highest BCUT2D eigenvalue weighted by Gasteiger charge is 2.26. The summed E-state index contributed by atoms with van der Waals surface area (Å²) in [6.07, 6.45) is 21.8. The van der Waals surface area contributed by atoms with Gasteiger partial charge in [-0.15, -0.1) is 11.3 Å². The summed E-state index contributed by atoms with van der Waals surface area (Å²) in [5.74, 6) is 0.980. The van der Waals surface area contributed by atoms with Gasteiger partial charge in [-0.25, -0.2) is 9.97 Å². The fourth-order valence-corrected chi connectivity index (χ4v) is 12.3. The molecule has 13 heteroatoms. The molecule has 4 aromatic heterocycles. The maximum absolute atomic E-state index is 5.95. The van der Waals surface area contributed by atoms with Crippen molar-refractivity contribution in [2.45, 2.75) is 232 Å².